The summed E-state index contributed by atoms with van der Waals surface area (Å²) in [5.41, 5.74) is -0.0648. The van der Waals surface area contributed by atoms with Crippen molar-refractivity contribution >= 4 is 5.97 Å². The van der Waals surface area contributed by atoms with E-state index in [-0.39, 0.29) is 5.69 Å². The summed E-state index contributed by atoms with van der Waals surface area (Å²) in [5, 5.41) is 11.3. The van der Waals surface area contributed by atoms with Crippen LogP contribution in [0.25, 0.3) is 0 Å². The predicted molar refractivity (Wildman–Crippen MR) is 127 cm³/mol. The Hall–Kier alpha value is -1.32. The molecule has 0 bridgehead atoms. The average Bonchev–Trinajstić information content (AvgIpc) is 3.29. The molecule has 0 spiro atoms. The largest absolute Gasteiger partial charge is 0.476 e. The number of nitrogens with zero attached hydrogens (tertiary/aromatic N) is 1. The van der Waals surface area contributed by atoms with Gasteiger partial charge in [0.25, 0.3) is 0 Å². The fraction of sp³-hybridized carbons (Fsp3) is 0.846. The third-order valence-electron chi connectivity index (χ3n) is 5.61. The van der Waals surface area contributed by atoms with Crippen LogP contribution in [0, 0.1) is 0 Å². The van der Waals surface area contributed by atoms with Gasteiger partial charge in [0.1, 0.15) is 6.26 Å². The molecule has 0 fully saturated rings. The van der Waals surface area contributed by atoms with Crippen LogP contribution in [0.2, 0.25) is 0 Å². The van der Waals surface area contributed by atoms with Crippen LogP contribution < -0.4 is 0 Å². The zero-order chi connectivity index (χ0) is 22.1. The van der Waals surface area contributed by atoms with Gasteiger partial charge in [0.05, 0.1) is 0 Å². The van der Waals surface area contributed by atoms with E-state index in [0.29, 0.717) is 0 Å². The molecule has 0 atom stereocenters. The second-order valence-electron chi connectivity index (χ2n) is 8.55. The molecular weight excluding hydrogens is 374 g/mol. The number of carboxylic acid groups (broad SMARTS) is 1. The Morgan fingerprint density at radius 2 is 0.967 bits per heavy atom. The van der Waals surface area contributed by atoms with Crippen LogP contribution in [0.1, 0.15) is 153 Å². The summed E-state index contributed by atoms with van der Waals surface area (Å²) < 4.78 is 4.24. The number of carbonyl (C=O) groups is 1. The summed E-state index contributed by atoms with van der Waals surface area (Å²) in [6, 6.07) is 1.28. The Kier molecular flexibility index (Phi) is 22.9. The number of carboxylic acids is 1. The molecule has 1 aromatic heterocycles. The average molecular weight is 424 g/mol. The Balaban J connectivity index is 0.000000867. The van der Waals surface area contributed by atoms with Gasteiger partial charge >= 0.3 is 5.97 Å². The molecule has 0 amide bonds. The second kappa shape index (κ2) is 24.0. The molecule has 0 aliphatic heterocycles. The van der Waals surface area contributed by atoms with Crippen molar-refractivity contribution in [2.45, 2.75) is 142 Å². The van der Waals surface area contributed by atoms with Crippen LogP contribution in [-0.4, -0.2) is 16.2 Å². The van der Waals surface area contributed by atoms with Crippen molar-refractivity contribution in [2.75, 3.05) is 0 Å². The lowest BCUT2D eigenvalue weighted by molar-refractivity contribution is 0.0685. The molecule has 176 valence electrons. The molecule has 0 aromatic carbocycles. The molecule has 30 heavy (non-hydrogen) atoms. The third kappa shape index (κ3) is 21.4. The van der Waals surface area contributed by atoms with Crippen molar-refractivity contribution in [2.24, 2.45) is 0 Å². The van der Waals surface area contributed by atoms with Crippen LogP contribution in [0.4, 0.5) is 0 Å². The molecule has 0 saturated heterocycles. The van der Waals surface area contributed by atoms with Crippen LogP contribution in [0.5, 0.6) is 0 Å². The lowest BCUT2D eigenvalue weighted by atomic mass is 10.0. The third-order valence-corrected chi connectivity index (χ3v) is 5.61. The van der Waals surface area contributed by atoms with E-state index in [1.165, 1.54) is 141 Å². The van der Waals surface area contributed by atoms with E-state index in [4.69, 9.17) is 5.11 Å². The fourth-order valence-electron chi connectivity index (χ4n) is 3.65. The summed E-state index contributed by atoms with van der Waals surface area (Å²) in [6.45, 7) is 4.60. The number of hydrogen-bond acceptors (Lipinski definition) is 3. The molecule has 1 rings (SSSR count). The van der Waals surface area contributed by atoms with Crippen molar-refractivity contribution in [3.8, 4) is 0 Å². The number of unbranched alkanes of at least 4 members (excludes halogenated alkanes) is 19. The first-order chi connectivity index (χ1) is 14.7. The smallest absolute Gasteiger partial charge is 0.358 e. The highest BCUT2D eigenvalue weighted by atomic mass is 16.5. The van der Waals surface area contributed by atoms with Crippen LogP contribution >= 0.6 is 0 Å². The monoisotopic (exact) mass is 423 g/mol. The van der Waals surface area contributed by atoms with E-state index in [2.05, 4.69) is 23.5 Å². The highest BCUT2D eigenvalue weighted by Crippen LogP contribution is 2.14. The highest BCUT2D eigenvalue weighted by molar-refractivity contribution is 5.84. The Morgan fingerprint density at radius 3 is 1.13 bits per heavy atom. The Morgan fingerprint density at radius 1 is 0.667 bits per heavy atom. The molecule has 0 radical (unpaired) electrons. The van der Waals surface area contributed by atoms with Gasteiger partial charge in [-0.2, -0.15) is 0 Å². The molecule has 0 saturated carbocycles. The second-order valence-corrected chi connectivity index (χ2v) is 8.55. The summed E-state index contributed by atoms with van der Waals surface area (Å²) in [5.74, 6) is -1.07. The van der Waals surface area contributed by atoms with Crippen molar-refractivity contribution in [3.05, 3.63) is 18.0 Å². The van der Waals surface area contributed by atoms with Crippen molar-refractivity contribution in [1.82, 2.24) is 5.16 Å². The molecule has 0 unspecified atom stereocenters. The van der Waals surface area contributed by atoms with Gasteiger partial charge in [-0.05, 0) is 0 Å². The molecular formula is C26H49NO3. The van der Waals surface area contributed by atoms with Crippen molar-refractivity contribution < 1.29 is 14.4 Å². The zero-order valence-electron chi connectivity index (χ0n) is 20.0. The quantitative estimate of drug-likeness (QED) is 0.212. The summed E-state index contributed by atoms with van der Waals surface area (Å²) in [7, 11) is 0. The molecule has 1 heterocycles. The highest BCUT2D eigenvalue weighted by Gasteiger charge is 2.02. The zero-order valence-corrected chi connectivity index (χ0v) is 20.0. The number of hydrogen-bond donors (Lipinski definition) is 1. The van der Waals surface area contributed by atoms with Gasteiger partial charge in [-0.3, -0.25) is 0 Å². The van der Waals surface area contributed by atoms with Gasteiger partial charge < -0.3 is 9.63 Å². The van der Waals surface area contributed by atoms with Gasteiger partial charge in [0.15, 0.2) is 5.69 Å². The summed E-state index contributed by atoms with van der Waals surface area (Å²) >= 11 is 0. The molecule has 0 aliphatic rings. The van der Waals surface area contributed by atoms with E-state index in [9.17, 15) is 4.79 Å². The first-order valence-corrected chi connectivity index (χ1v) is 12.9. The van der Waals surface area contributed by atoms with Gasteiger partial charge in [-0.25, -0.2) is 4.79 Å². The molecule has 0 aliphatic carbocycles. The van der Waals surface area contributed by atoms with Crippen LogP contribution in [0.15, 0.2) is 16.9 Å². The van der Waals surface area contributed by atoms with Crippen LogP contribution in [-0.2, 0) is 0 Å². The minimum absolute atomic E-state index is 0.0648. The maximum absolute atomic E-state index is 9.94. The summed E-state index contributed by atoms with van der Waals surface area (Å²) in [4.78, 5) is 9.94. The first-order valence-electron chi connectivity index (χ1n) is 12.9. The van der Waals surface area contributed by atoms with Crippen molar-refractivity contribution in [3.63, 3.8) is 0 Å². The van der Waals surface area contributed by atoms with E-state index in [0.717, 1.165) is 0 Å². The maximum Gasteiger partial charge on any atom is 0.358 e. The van der Waals surface area contributed by atoms with Gasteiger partial charge in [0.2, 0.25) is 0 Å². The SMILES string of the molecule is CCCCCCCCCCCCCCCCCCCCCC.O=C(O)c1ccon1. The normalized spacial score (nSPS) is 10.6. The number of aromatic carboxylic acids is 1. The Bertz CT molecular complexity index is 425. The van der Waals surface area contributed by atoms with Gasteiger partial charge in [-0.15, -0.1) is 0 Å². The first kappa shape index (κ1) is 28.7. The lowest BCUT2D eigenvalue weighted by Gasteiger charge is -2.03. The van der Waals surface area contributed by atoms with Crippen LogP contribution in [0.3, 0.4) is 0 Å². The van der Waals surface area contributed by atoms with Gasteiger partial charge in [0, 0.05) is 6.07 Å². The number of rotatable bonds is 20. The number of aromatic nitrogens is 1. The Labute approximate surface area is 186 Å². The summed E-state index contributed by atoms with van der Waals surface area (Å²) in [6.07, 6.45) is 30.6. The molecule has 4 heteroatoms. The fourth-order valence-corrected chi connectivity index (χ4v) is 3.65. The van der Waals surface area contributed by atoms with E-state index >= 15 is 0 Å². The standard InChI is InChI=1S/C22H46.C4H3NO3/c1-3-5-7-9-11-13-15-17-19-21-22-20-18-16-14-12-10-8-6-4-2;6-4(7)3-1-2-8-5-3/h3-22H2,1-2H3;1-2H,(H,6,7). The van der Waals surface area contributed by atoms with E-state index in [1.54, 1.807) is 0 Å². The molecule has 4 nitrogen and oxygen atoms in total. The van der Waals surface area contributed by atoms with E-state index in [1.807, 2.05) is 0 Å². The maximum atomic E-state index is 9.94. The van der Waals surface area contributed by atoms with E-state index < -0.39 is 5.97 Å². The van der Waals surface area contributed by atoms with Gasteiger partial charge in [-0.1, -0.05) is 147 Å². The lowest BCUT2D eigenvalue weighted by Crippen LogP contribution is -1.94. The predicted octanol–water partition coefficient (Wildman–Crippen LogP) is 9.20. The topological polar surface area (TPSA) is 63.3 Å². The molecule has 1 N–H and O–H groups in total. The van der Waals surface area contributed by atoms with Crippen molar-refractivity contribution in [1.29, 1.82) is 0 Å². The minimum Gasteiger partial charge on any atom is -0.476 e. The minimum atomic E-state index is -1.07. The molecule has 1 aromatic rings.